The number of anilines is 2. The van der Waals surface area contributed by atoms with Crippen molar-refractivity contribution in [2.24, 2.45) is 24.3 Å². The van der Waals surface area contributed by atoms with Gasteiger partial charge in [-0.2, -0.15) is 0 Å². The molecule has 134 valence electrons. The van der Waals surface area contributed by atoms with Gasteiger partial charge in [0.2, 0.25) is 0 Å². The van der Waals surface area contributed by atoms with E-state index < -0.39 is 0 Å². The van der Waals surface area contributed by atoms with Crippen LogP contribution in [0.4, 0.5) is 23.0 Å². The fourth-order valence-electron chi connectivity index (χ4n) is 2.83. The van der Waals surface area contributed by atoms with Gasteiger partial charge in [-0.05, 0) is 60.7 Å². The monoisotopic (exact) mass is 357 g/mol. The van der Waals surface area contributed by atoms with Crippen LogP contribution in [0, 0.1) is 0 Å². The van der Waals surface area contributed by atoms with Gasteiger partial charge >= 0.3 is 5.95 Å². The lowest BCUT2D eigenvalue weighted by Crippen LogP contribution is -2.25. The van der Waals surface area contributed by atoms with Gasteiger partial charge in [0.15, 0.2) is 0 Å². The van der Waals surface area contributed by atoms with Crippen molar-refractivity contribution in [3.8, 4) is 5.69 Å². The van der Waals surface area contributed by atoms with Crippen molar-refractivity contribution in [1.29, 1.82) is 0 Å². The Morgan fingerprint density at radius 1 is 0.815 bits per heavy atom. The molecule has 1 N–H and O–H groups in total. The average molecular weight is 357 g/mol. The number of hydrogen-bond donors (Lipinski definition) is 1. The molecule has 4 aromatic rings. The van der Waals surface area contributed by atoms with Crippen molar-refractivity contribution < 1.29 is 4.57 Å². The molecule has 0 saturated carbocycles. The van der Waals surface area contributed by atoms with E-state index in [1.807, 2.05) is 84.4 Å². The quantitative estimate of drug-likeness (QED) is 0.405. The van der Waals surface area contributed by atoms with Crippen LogP contribution in [0.15, 0.2) is 95.7 Å². The van der Waals surface area contributed by atoms with Gasteiger partial charge in [0, 0.05) is 34.6 Å². The third-order valence-corrected chi connectivity index (χ3v) is 4.33. The summed E-state index contributed by atoms with van der Waals surface area (Å²) >= 11 is 0. The predicted molar refractivity (Wildman–Crippen MR) is 106 cm³/mol. The fraction of sp³-hybridized carbons (Fsp3) is 0.0952. The van der Waals surface area contributed by atoms with Crippen molar-refractivity contribution in [1.82, 2.24) is 9.13 Å². The molecule has 4 rings (SSSR count). The maximum absolute atomic E-state index is 4.31. The molecule has 2 heterocycles. The van der Waals surface area contributed by atoms with Gasteiger partial charge < -0.3 is 9.88 Å². The van der Waals surface area contributed by atoms with Gasteiger partial charge in [-0.1, -0.05) is 5.11 Å². The standard InChI is InChI=1S/C21H20N6/c1-25-15-16-26(2)21(25)24-23-19-7-5-17(6-8-19)22-18-9-11-20(12-10-18)27-13-3-4-14-27/h3-16H,1-2H3/p+1. The normalized spacial score (nSPS) is 11.2. The molecule has 0 saturated heterocycles. The molecule has 6 heteroatoms. The third kappa shape index (κ3) is 3.79. The van der Waals surface area contributed by atoms with Crippen molar-refractivity contribution in [3.05, 3.63) is 85.5 Å². The molecule has 0 unspecified atom stereocenters. The number of nitrogens with zero attached hydrogens (tertiary/aromatic N) is 5. The minimum absolute atomic E-state index is 0.792. The molecule has 0 aliphatic rings. The molecule has 0 amide bonds. The molecule has 0 aliphatic heterocycles. The van der Waals surface area contributed by atoms with Gasteiger partial charge in [0.05, 0.1) is 26.5 Å². The van der Waals surface area contributed by atoms with Gasteiger partial charge in [0.25, 0.3) is 0 Å². The Morgan fingerprint density at radius 3 is 2.04 bits per heavy atom. The second kappa shape index (κ2) is 7.29. The van der Waals surface area contributed by atoms with E-state index in [4.69, 9.17) is 0 Å². The summed E-state index contributed by atoms with van der Waals surface area (Å²) in [6.45, 7) is 0. The largest absolute Gasteiger partial charge is 0.421 e. The van der Waals surface area contributed by atoms with E-state index >= 15 is 0 Å². The molecule has 0 spiro atoms. The first-order valence-electron chi connectivity index (χ1n) is 8.72. The first kappa shape index (κ1) is 16.8. The van der Waals surface area contributed by atoms with E-state index in [1.54, 1.807) is 0 Å². The number of rotatable bonds is 5. The summed E-state index contributed by atoms with van der Waals surface area (Å²) < 4.78 is 5.93. The summed E-state index contributed by atoms with van der Waals surface area (Å²) in [7, 11) is 3.89. The van der Waals surface area contributed by atoms with E-state index in [0.717, 1.165) is 28.7 Å². The molecular weight excluding hydrogens is 336 g/mol. The minimum Gasteiger partial charge on any atom is -0.356 e. The molecule has 2 aromatic carbocycles. The number of aromatic nitrogens is 3. The Hall–Kier alpha value is -3.67. The van der Waals surface area contributed by atoms with E-state index in [1.165, 1.54) is 0 Å². The summed E-state index contributed by atoms with van der Waals surface area (Å²) in [6.07, 6.45) is 7.96. The first-order valence-corrected chi connectivity index (χ1v) is 8.72. The smallest absolute Gasteiger partial charge is 0.356 e. The molecule has 6 nitrogen and oxygen atoms in total. The minimum atomic E-state index is 0.792. The number of nitrogens with one attached hydrogen (secondary N) is 1. The zero-order valence-corrected chi connectivity index (χ0v) is 15.3. The molecule has 0 radical (unpaired) electrons. The van der Waals surface area contributed by atoms with E-state index in [0.29, 0.717) is 0 Å². The lowest BCUT2D eigenvalue weighted by Gasteiger charge is -2.08. The number of imidazole rings is 1. The number of aryl methyl sites for hydroxylation is 2. The number of hydrogen-bond acceptors (Lipinski definition) is 3. The summed E-state index contributed by atoms with van der Waals surface area (Å²) in [4.78, 5) is 0. The van der Waals surface area contributed by atoms with Gasteiger partial charge in [-0.25, -0.2) is 9.13 Å². The molecule has 0 atom stereocenters. The SMILES string of the molecule is Cn1cc[n+](C)c1N=Nc1ccc(Nc2ccc(-n3cccc3)cc2)cc1. The van der Waals surface area contributed by atoms with Crippen LogP contribution in [-0.4, -0.2) is 9.13 Å². The summed E-state index contributed by atoms with van der Waals surface area (Å²) in [5.74, 6) is 0.792. The van der Waals surface area contributed by atoms with E-state index in [2.05, 4.69) is 44.4 Å². The van der Waals surface area contributed by atoms with E-state index in [9.17, 15) is 0 Å². The maximum atomic E-state index is 4.31. The van der Waals surface area contributed by atoms with Crippen LogP contribution in [0.1, 0.15) is 0 Å². The van der Waals surface area contributed by atoms with Crippen molar-refractivity contribution in [2.75, 3.05) is 5.32 Å². The van der Waals surface area contributed by atoms with Crippen molar-refractivity contribution in [2.45, 2.75) is 0 Å². The molecular formula is C21H21N6+. The predicted octanol–water partition coefficient (Wildman–Crippen LogP) is 4.80. The highest BCUT2D eigenvalue weighted by atomic mass is 15.3. The highest BCUT2D eigenvalue weighted by Crippen LogP contribution is 2.22. The maximum Gasteiger partial charge on any atom is 0.421 e. The van der Waals surface area contributed by atoms with Crippen LogP contribution in [0.3, 0.4) is 0 Å². The topological polar surface area (TPSA) is 50.5 Å². The Morgan fingerprint density at radius 2 is 1.44 bits per heavy atom. The van der Waals surface area contributed by atoms with Crippen molar-refractivity contribution >= 4 is 23.0 Å². The van der Waals surface area contributed by atoms with E-state index in [-0.39, 0.29) is 0 Å². The lowest BCUT2D eigenvalue weighted by atomic mass is 10.2. The second-order valence-corrected chi connectivity index (χ2v) is 6.33. The highest BCUT2D eigenvalue weighted by molar-refractivity contribution is 5.62. The summed E-state index contributed by atoms with van der Waals surface area (Å²) in [5, 5.41) is 12.0. The Labute approximate surface area is 158 Å². The molecule has 0 fully saturated rings. The van der Waals surface area contributed by atoms with Gasteiger partial charge in [-0.15, -0.1) is 0 Å². The van der Waals surface area contributed by atoms with Crippen molar-refractivity contribution in [3.63, 3.8) is 0 Å². The zero-order chi connectivity index (χ0) is 18.6. The lowest BCUT2D eigenvalue weighted by molar-refractivity contribution is -0.657. The Balaban J connectivity index is 1.43. The van der Waals surface area contributed by atoms with Crippen LogP contribution >= 0.6 is 0 Å². The average Bonchev–Trinajstić information content (AvgIpc) is 3.33. The summed E-state index contributed by atoms with van der Waals surface area (Å²) in [5.41, 5.74) is 3.99. The fourth-order valence-corrected chi connectivity index (χ4v) is 2.83. The molecule has 0 bridgehead atoms. The zero-order valence-electron chi connectivity index (χ0n) is 15.3. The summed E-state index contributed by atoms with van der Waals surface area (Å²) in [6, 6.07) is 20.2. The molecule has 27 heavy (non-hydrogen) atoms. The second-order valence-electron chi connectivity index (χ2n) is 6.33. The van der Waals surface area contributed by atoms with Crippen LogP contribution in [0.25, 0.3) is 5.69 Å². The van der Waals surface area contributed by atoms with Crippen LogP contribution in [0.2, 0.25) is 0 Å². The van der Waals surface area contributed by atoms with Crippen LogP contribution in [-0.2, 0) is 14.1 Å². The van der Waals surface area contributed by atoms with Gasteiger partial charge in [-0.3, -0.25) is 0 Å². The van der Waals surface area contributed by atoms with Crippen LogP contribution in [0.5, 0.6) is 0 Å². The number of benzene rings is 2. The van der Waals surface area contributed by atoms with Crippen LogP contribution < -0.4 is 9.88 Å². The number of azo groups is 1. The first-order chi connectivity index (χ1) is 13.2. The Kier molecular flexibility index (Phi) is 4.53. The molecule has 2 aromatic heterocycles. The highest BCUT2D eigenvalue weighted by Gasteiger charge is 2.10. The van der Waals surface area contributed by atoms with Gasteiger partial charge in [0.1, 0.15) is 5.69 Å². The molecule has 0 aliphatic carbocycles. The Bertz CT molecular complexity index is 1020. The third-order valence-electron chi connectivity index (χ3n) is 4.33.